The fourth-order valence-corrected chi connectivity index (χ4v) is 3.76. The van der Waals surface area contributed by atoms with Gasteiger partial charge in [-0.1, -0.05) is 102 Å². The van der Waals surface area contributed by atoms with Crippen molar-refractivity contribution >= 4 is 0 Å². The third-order valence-electron chi connectivity index (χ3n) is 5.87. The van der Waals surface area contributed by atoms with Crippen molar-refractivity contribution in [3.8, 4) is 0 Å². The number of rotatable bonds is 25. The van der Waals surface area contributed by atoms with Gasteiger partial charge >= 0.3 is 0 Å². The first-order valence-corrected chi connectivity index (χ1v) is 14.0. The Morgan fingerprint density at radius 2 is 1.32 bits per heavy atom. The Morgan fingerprint density at radius 1 is 0.706 bits per heavy atom. The smallest absolute Gasteiger partial charge is 0.188 e. The predicted molar refractivity (Wildman–Crippen MR) is 143 cm³/mol. The molecule has 4 heteroatoms. The Bertz CT molecular complexity index is 534. The van der Waals surface area contributed by atoms with Gasteiger partial charge in [-0.15, -0.1) is 0 Å². The molecule has 1 rings (SSSR count). The molecule has 0 aromatic heterocycles. The van der Waals surface area contributed by atoms with E-state index >= 15 is 0 Å². The molecule has 196 valence electrons. The maximum atomic E-state index is 6.01. The molecule has 0 N–H and O–H groups in total. The second kappa shape index (κ2) is 24.8. The standard InChI is InChI=1S/C30H52O4/c1-3-5-18-25-33-30(34-26-19-6-4-2)23-17-12-10-8-7-9-11-13-20-24-31-28-32-27-29-21-15-14-16-22-29/h14-16,20-22,24,30H,3-13,17-19,23,25-28H2,1-2H3. The molecule has 0 heterocycles. The summed E-state index contributed by atoms with van der Waals surface area (Å²) < 4.78 is 22.9. The maximum Gasteiger partial charge on any atom is 0.188 e. The molecule has 0 aliphatic carbocycles. The topological polar surface area (TPSA) is 36.9 Å². The summed E-state index contributed by atoms with van der Waals surface area (Å²) in [5.41, 5.74) is 1.17. The van der Waals surface area contributed by atoms with E-state index in [1.165, 1.54) is 76.2 Å². The van der Waals surface area contributed by atoms with E-state index in [0.717, 1.165) is 38.9 Å². The normalized spacial score (nSPS) is 11.6. The van der Waals surface area contributed by atoms with E-state index in [2.05, 4.69) is 32.1 Å². The number of hydrogen-bond donors (Lipinski definition) is 0. The van der Waals surface area contributed by atoms with Gasteiger partial charge in [0.15, 0.2) is 13.1 Å². The van der Waals surface area contributed by atoms with E-state index in [-0.39, 0.29) is 6.29 Å². The van der Waals surface area contributed by atoms with Crippen LogP contribution in [0.15, 0.2) is 42.7 Å². The Kier molecular flexibility index (Phi) is 22.3. The lowest BCUT2D eigenvalue weighted by Crippen LogP contribution is -2.19. The van der Waals surface area contributed by atoms with Gasteiger partial charge in [-0.3, -0.25) is 0 Å². The Hall–Kier alpha value is -1.36. The van der Waals surface area contributed by atoms with Gasteiger partial charge in [-0.05, 0) is 50.2 Å². The summed E-state index contributed by atoms with van der Waals surface area (Å²) in [6.07, 6.45) is 22.2. The zero-order valence-electron chi connectivity index (χ0n) is 22.2. The van der Waals surface area contributed by atoms with Gasteiger partial charge in [0.25, 0.3) is 0 Å². The number of ether oxygens (including phenoxy) is 4. The number of hydrogen-bond acceptors (Lipinski definition) is 4. The molecule has 1 aromatic rings. The molecular formula is C30H52O4. The molecule has 0 amide bonds. The highest BCUT2D eigenvalue weighted by atomic mass is 16.7. The number of allylic oxidation sites excluding steroid dienone is 1. The lowest BCUT2D eigenvalue weighted by molar-refractivity contribution is -0.148. The molecule has 4 nitrogen and oxygen atoms in total. The van der Waals surface area contributed by atoms with Gasteiger partial charge in [-0.25, -0.2) is 0 Å². The van der Waals surface area contributed by atoms with Gasteiger partial charge < -0.3 is 18.9 Å². The maximum absolute atomic E-state index is 6.01. The summed E-state index contributed by atoms with van der Waals surface area (Å²) >= 11 is 0. The van der Waals surface area contributed by atoms with Gasteiger partial charge in [0.1, 0.15) is 0 Å². The lowest BCUT2D eigenvalue weighted by atomic mass is 10.1. The highest BCUT2D eigenvalue weighted by molar-refractivity contribution is 5.13. The fourth-order valence-electron chi connectivity index (χ4n) is 3.76. The van der Waals surface area contributed by atoms with E-state index in [9.17, 15) is 0 Å². The summed E-state index contributed by atoms with van der Waals surface area (Å²) in [7, 11) is 0. The van der Waals surface area contributed by atoms with Crippen LogP contribution in [-0.4, -0.2) is 26.3 Å². The van der Waals surface area contributed by atoms with E-state index in [0.29, 0.717) is 13.4 Å². The molecule has 0 aliphatic heterocycles. The average Bonchev–Trinajstić information content (AvgIpc) is 2.86. The molecule has 34 heavy (non-hydrogen) atoms. The summed E-state index contributed by atoms with van der Waals surface area (Å²) in [4.78, 5) is 0. The van der Waals surface area contributed by atoms with Crippen molar-refractivity contribution in [1.29, 1.82) is 0 Å². The van der Waals surface area contributed by atoms with Crippen LogP contribution >= 0.6 is 0 Å². The lowest BCUT2D eigenvalue weighted by Gasteiger charge is -2.18. The Balaban J connectivity index is 1.91. The first kappa shape index (κ1) is 30.7. The van der Waals surface area contributed by atoms with Crippen molar-refractivity contribution in [2.75, 3.05) is 20.0 Å². The van der Waals surface area contributed by atoms with Gasteiger partial charge in [0, 0.05) is 13.2 Å². The summed E-state index contributed by atoms with van der Waals surface area (Å²) in [5.74, 6) is 0. The molecule has 0 aliphatic rings. The van der Waals surface area contributed by atoms with Crippen molar-refractivity contribution in [3.63, 3.8) is 0 Å². The van der Waals surface area contributed by atoms with Crippen molar-refractivity contribution in [3.05, 3.63) is 48.2 Å². The monoisotopic (exact) mass is 476 g/mol. The van der Waals surface area contributed by atoms with E-state index in [4.69, 9.17) is 18.9 Å². The van der Waals surface area contributed by atoms with Crippen LogP contribution in [0.1, 0.15) is 116 Å². The van der Waals surface area contributed by atoms with Crippen LogP contribution in [0.5, 0.6) is 0 Å². The second-order valence-corrected chi connectivity index (χ2v) is 9.13. The predicted octanol–water partition coefficient (Wildman–Crippen LogP) is 8.94. The van der Waals surface area contributed by atoms with Crippen LogP contribution in [0.3, 0.4) is 0 Å². The highest BCUT2D eigenvalue weighted by Crippen LogP contribution is 2.14. The molecular weight excluding hydrogens is 424 g/mol. The molecule has 0 unspecified atom stereocenters. The average molecular weight is 477 g/mol. The molecule has 0 spiro atoms. The van der Waals surface area contributed by atoms with Crippen LogP contribution in [0.4, 0.5) is 0 Å². The van der Waals surface area contributed by atoms with Crippen LogP contribution in [0.2, 0.25) is 0 Å². The van der Waals surface area contributed by atoms with Crippen molar-refractivity contribution in [1.82, 2.24) is 0 Å². The zero-order valence-corrected chi connectivity index (χ0v) is 22.2. The van der Waals surface area contributed by atoms with Crippen LogP contribution in [0, 0.1) is 0 Å². The molecule has 0 saturated carbocycles. The van der Waals surface area contributed by atoms with Gasteiger partial charge in [-0.2, -0.15) is 0 Å². The van der Waals surface area contributed by atoms with Crippen LogP contribution in [-0.2, 0) is 25.6 Å². The summed E-state index contributed by atoms with van der Waals surface area (Å²) in [6.45, 7) is 7.04. The van der Waals surface area contributed by atoms with Crippen molar-refractivity contribution < 1.29 is 18.9 Å². The quantitative estimate of drug-likeness (QED) is 0.0801. The van der Waals surface area contributed by atoms with Gasteiger partial charge in [0.05, 0.1) is 12.9 Å². The number of benzene rings is 1. The first-order chi connectivity index (χ1) is 16.9. The minimum atomic E-state index is 0.00598. The van der Waals surface area contributed by atoms with Crippen molar-refractivity contribution in [2.24, 2.45) is 0 Å². The second-order valence-electron chi connectivity index (χ2n) is 9.13. The summed E-state index contributed by atoms with van der Waals surface area (Å²) in [6, 6.07) is 10.2. The van der Waals surface area contributed by atoms with Crippen LogP contribution in [0.25, 0.3) is 0 Å². The fraction of sp³-hybridized carbons (Fsp3) is 0.733. The van der Waals surface area contributed by atoms with E-state index in [1.54, 1.807) is 6.26 Å². The van der Waals surface area contributed by atoms with Crippen molar-refractivity contribution in [2.45, 2.75) is 123 Å². The third-order valence-corrected chi connectivity index (χ3v) is 5.87. The minimum Gasteiger partial charge on any atom is -0.475 e. The molecule has 0 radical (unpaired) electrons. The number of unbranched alkanes of at least 4 members (excludes halogenated alkanes) is 11. The molecule has 1 aromatic carbocycles. The Morgan fingerprint density at radius 3 is 1.97 bits per heavy atom. The SMILES string of the molecule is CCCCCOC(CCCCCCCCCC=COCOCc1ccccc1)OCCCCC. The molecule has 0 saturated heterocycles. The van der Waals surface area contributed by atoms with Crippen LogP contribution < -0.4 is 0 Å². The Labute approximate surface area is 210 Å². The molecule has 0 bridgehead atoms. The molecule has 0 atom stereocenters. The first-order valence-electron chi connectivity index (χ1n) is 14.0. The largest absolute Gasteiger partial charge is 0.475 e. The minimum absolute atomic E-state index is 0.00598. The van der Waals surface area contributed by atoms with Gasteiger partial charge in [0.2, 0.25) is 0 Å². The third kappa shape index (κ3) is 20.1. The summed E-state index contributed by atoms with van der Waals surface area (Å²) in [5, 5.41) is 0. The van der Waals surface area contributed by atoms with E-state index in [1.807, 2.05) is 18.2 Å². The van der Waals surface area contributed by atoms with E-state index < -0.39 is 0 Å². The zero-order chi connectivity index (χ0) is 24.4. The highest BCUT2D eigenvalue weighted by Gasteiger charge is 2.09. The molecule has 0 fully saturated rings.